The number of unbranched alkanes of at least 4 members (excludes halogenated alkanes) is 1. The van der Waals surface area contributed by atoms with Gasteiger partial charge in [0, 0.05) is 18.4 Å². The van der Waals surface area contributed by atoms with Crippen LogP contribution < -0.4 is 16.2 Å². The van der Waals surface area contributed by atoms with E-state index in [2.05, 4.69) is 4.90 Å². The molecule has 1 fully saturated rings. The van der Waals surface area contributed by atoms with E-state index in [1.54, 1.807) is 12.1 Å². The molecule has 26 heavy (non-hydrogen) atoms. The number of halogens is 2. The first-order valence-electron chi connectivity index (χ1n) is 8.60. The van der Waals surface area contributed by atoms with Crippen molar-refractivity contribution >= 4 is 41.4 Å². The molecule has 1 aliphatic rings. The number of methoxy groups -OCH3 is 1. The molecule has 1 heterocycles. The van der Waals surface area contributed by atoms with E-state index in [4.69, 9.17) is 27.8 Å². The van der Waals surface area contributed by atoms with Crippen molar-refractivity contribution in [1.82, 2.24) is 4.90 Å². The van der Waals surface area contributed by atoms with E-state index in [0.717, 1.165) is 45.3 Å². The fourth-order valence-electron chi connectivity index (χ4n) is 3.15. The van der Waals surface area contributed by atoms with Crippen LogP contribution in [0, 0.1) is 5.92 Å². The van der Waals surface area contributed by atoms with Crippen molar-refractivity contribution in [2.24, 2.45) is 11.7 Å². The van der Waals surface area contributed by atoms with Gasteiger partial charge in [-0.1, -0.05) is 11.6 Å². The molecule has 0 radical (unpaired) electrons. The number of ketones is 1. The lowest BCUT2D eigenvalue weighted by molar-refractivity contribution is -0.123. The van der Waals surface area contributed by atoms with Crippen molar-refractivity contribution in [1.29, 1.82) is 0 Å². The maximum absolute atomic E-state index is 12.4. The van der Waals surface area contributed by atoms with Crippen molar-refractivity contribution in [2.45, 2.75) is 32.1 Å². The Hall–Kier alpha value is -1.50. The molecule has 1 aliphatic heterocycles. The van der Waals surface area contributed by atoms with E-state index in [-0.39, 0.29) is 30.0 Å². The third-order valence-electron chi connectivity index (χ3n) is 4.74. The van der Waals surface area contributed by atoms with Crippen LogP contribution in [0.2, 0.25) is 5.02 Å². The van der Waals surface area contributed by atoms with E-state index in [0.29, 0.717) is 28.4 Å². The van der Waals surface area contributed by atoms with E-state index in [1.807, 2.05) is 0 Å². The Labute approximate surface area is 165 Å². The second-order valence-electron chi connectivity index (χ2n) is 6.47. The number of benzene rings is 1. The molecule has 1 aromatic carbocycles. The average molecular weight is 404 g/mol. The Morgan fingerprint density at radius 2 is 1.92 bits per heavy atom. The van der Waals surface area contributed by atoms with Crippen LogP contribution in [0.3, 0.4) is 0 Å². The van der Waals surface area contributed by atoms with Gasteiger partial charge < -0.3 is 21.1 Å². The monoisotopic (exact) mass is 403 g/mol. The number of anilines is 1. The van der Waals surface area contributed by atoms with Crippen LogP contribution >= 0.6 is 24.0 Å². The van der Waals surface area contributed by atoms with Crippen molar-refractivity contribution in [3.05, 3.63) is 22.7 Å². The molecular weight excluding hydrogens is 377 g/mol. The number of carbonyl (C=O) groups excluding carboxylic acids is 2. The molecule has 146 valence electrons. The number of Topliss-reactive ketones (excluding diaryl/α,β-unsaturated/α-hetero) is 1. The maximum atomic E-state index is 12.4. The zero-order valence-electron chi connectivity index (χ0n) is 15.0. The average Bonchev–Trinajstić information content (AvgIpc) is 2.60. The SMILES string of the molecule is COc1cc(N)c(Cl)cc1C(=O)CCCCN1CCC(C(N)=O)CC1.Cl. The molecule has 1 aromatic rings. The molecule has 4 N–H and O–H groups in total. The van der Waals surface area contributed by atoms with Gasteiger partial charge >= 0.3 is 0 Å². The number of nitrogen functional groups attached to an aromatic ring is 1. The highest BCUT2D eigenvalue weighted by molar-refractivity contribution is 6.33. The minimum atomic E-state index is -0.193. The Balaban J connectivity index is 0.00000338. The predicted octanol–water partition coefficient (Wildman–Crippen LogP) is 2.90. The zero-order valence-corrected chi connectivity index (χ0v) is 16.6. The Morgan fingerprint density at radius 3 is 2.50 bits per heavy atom. The summed E-state index contributed by atoms with van der Waals surface area (Å²) in [6.45, 7) is 2.71. The van der Waals surface area contributed by atoms with Gasteiger partial charge in [-0.25, -0.2) is 0 Å². The number of amides is 1. The van der Waals surface area contributed by atoms with Gasteiger partial charge in [0.25, 0.3) is 0 Å². The number of primary amides is 1. The lowest BCUT2D eigenvalue weighted by Crippen LogP contribution is -2.38. The third-order valence-corrected chi connectivity index (χ3v) is 5.06. The molecule has 1 saturated heterocycles. The molecule has 2 rings (SSSR count). The van der Waals surface area contributed by atoms with Gasteiger partial charge in [-0.2, -0.15) is 0 Å². The second-order valence-corrected chi connectivity index (χ2v) is 6.88. The number of nitrogens with two attached hydrogens (primary N) is 2. The molecule has 0 spiro atoms. The maximum Gasteiger partial charge on any atom is 0.220 e. The van der Waals surface area contributed by atoms with Crippen LogP contribution in [0.1, 0.15) is 42.5 Å². The smallest absolute Gasteiger partial charge is 0.220 e. The van der Waals surface area contributed by atoms with Crippen LogP contribution in [0.5, 0.6) is 5.75 Å². The summed E-state index contributed by atoms with van der Waals surface area (Å²) in [6.07, 6.45) is 3.82. The minimum absolute atomic E-state index is 0. The van der Waals surface area contributed by atoms with Crippen LogP contribution in [0.25, 0.3) is 0 Å². The molecule has 8 heteroatoms. The number of likely N-dealkylation sites (tertiary alicyclic amines) is 1. The standard InChI is InChI=1S/C18H26ClN3O3.ClH/c1-25-17-11-15(20)14(19)10-13(17)16(23)4-2-3-7-22-8-5-12(6-9-22)18(21)24;/h10-12H,2-9,20H2,1H3,(H2,21,24);1H. The van der Waals surface area contributed by atoms with Crippen LogP contribution in [0.4, 0.5) is 5.69 Å². The zero-order chi connectivity index (χ0) is 18.4. The summed E-state index contributed by atoms with van der Waals surface area (Å²) in [5.74, 6) is 0.286. The van der Waals surface area contributed by atoms with Crippen molar-refractivity contribution in [3.63, 3.8) is 0 Å². The highest BCUT2D eigenvalue weighted by atomic mass is 35.5. The molecular formula is C18H27Cl2N3O3. The van der Waals surface area contributed by atoms with Crippen LogP contribution in [0.15, 0.2) is 12.1 Å². The van der Waals surface area contributed by atoms with Crippen LogP contribution in [-0.4, -0.2) is 43.3 Å². The topological polar surface area (TPSA) is 98.7 Å². The minimum Gasteiger partial charge on any atom is -0.496 e. The Kier molecular flexibility index (Phi) is 9.19. The normalized spacial score (nSPS) is 15.3. The molecule has 0 bridgehead atoms. The lowest BCUT2D eigenvalue weighted by Gasteiger charge is -2.30. The first-order chi connectivity index (χ1) is 11.9. The summed E-state index contributed by atoms with van der Waals surface area (Å²) < 4.78 is 5.23. The molecule has 0 unspecified atom stereocenters. The van der Waals surface area contributed by atoms with E-state index >= 15 is 0 Å². The highest BCUT2D eigenvalue weighted by Gasteiger charge is 2.22. The molecule has 1 amide bonds. The van der Waals surface area contributed by atoms with Gasteiger partial charge in [-0.05, 0) is 51.4 Å². The summed E-state index contributed by atoms with van der Waals surface area (Å²) in [6, 6.07) is 3.16. The molecule has 0 aromatic heterocycles. The van der Waals surface area contributed by atoms with Gasteiger partial charge in [-0.15, -0.1) is 12.4 Å². The second kappa shape index (κ2) is 10.6. The summed E-state index contributed by atoms with van der Waals surface area (Å²) >= 11 is 6.01. The summed E-state index contributed by atoms with van der Waals surface area (Å²) in [5.41, 5.74) is 12.0. The van der Waals surface area contributed by atoms with Crippen LogP contribution in [-0.2, 0) is 4.79 Å². The summed E-state index contributed by atoms with van der Waals surface area (Å²) in [5, 5.41) is 0.362. The molecule has 6 nitrogen and oxygen atoms in total. The number of hydrogen-bond acceptors (Lipinski definition) is 5. The number of nitrogens with zero attached hydrogens (tertiary/aromatic N) is 1. The highest BCUT2D eigenvalue weighted by Crippen LogP contribution is 2.30. The quantitative estimate of drug-likeness (QED) is 0.394. The third kappa shape index (κ3) is 6.04. The largest absolute Gasteiger partial charge is 0.496 e. The van der Waals surface area contributed by atoms with Gasteiger partial charge in [0.1, 0.15) is 5.75 Å². The van der Waals surface area contributed by atoms with Crippen molar-refractivity contribution in [3.8, 4) is 5.75 Å². The van der Waals surface area contributed by atoms with Gasteiger partial charge in [0.2, 0.25) is 5.91 Å². The van der Waals surface area contributed by atoms with Gasteiger partial charge in [0.15, 0.2) is 5.78 Å². The van der Waals surface area contributed by atoms with E-state index < -0.39 is 0 Å². The Bertz CT molecular complexity index is 632. The first kappa shape index (κ1) is 22.5. The molecule has 0 aliphatic carbocycles. The number of carbonyl (C=O) groups is 2. The number of piperidine rings is 1. The van der Waals surface area contributed by atoms with E-state index in [9.17, 15) is 9.59 Å². The number of hydrogen-bond donors (Lipinski definition) is 2. The number of rotatable bonds is 8. The Morgan fingerprint density at radius 1 is 1.27 bits per heavy atom. The van der Waals surface area contributed by atoms with E-state index in [1.165, 1.54) is 7.11 Å². The van der Waals surface area contributed by atoms with Gasteiger partial charge in [-0.3, -0.25) is 9.59 Å². The molecule has 0 saturated carbocycles. The summed E-state index contributed by atoms with van der Waals surface area (Å²) in [7, 11) is 1.51. The molecule has 0 atom stereocenters. The lowest BCUT2D eigenvalue weighted by atomic mass is 9.96. The first-order valence-corrected chi connectivity index (χ1v) is 8.98. The van der Waals surface area contributed by atoms with Crippen molar-refractivity contribution < 1.29 is 14.3 Å². The fourth-order valence-corrected chi connectivity index (χ4v) is 3.32. The van der Waals surface area contributed by atoms with Crippen molar-refractivity contribution in [2.75, 3.05) is 32.5 Å². The summed E-state index contributed by atoms with van der Waals surface area (Å²) in [4.78, 5) is 25.9. The number of ether oxygens (including phenoxy) is 1. The fraction of sp³-hybridized carbons (Fsp3) is 0.556. The van der Waals surface area contributed by atoms with Gasteiger partial charge in [0.05, 0.1) is 23.4 Å². The predicted molar refractivity (Wildman–Crippen MR) is 106 cm³/mol.